The molecule has 2 aromatic rings. The summed E-state index contributed by atoms with van der Waals surface area (Å²) < 4.78 is 11.6. The minimum absolute atomic E-state index is 0.0740. The Kier molecular flexibility index (Phi) is 14.2. The number of nitrogens with two attached hydrogens (primary N) is 1. The van der Waals surface area contributed by atoms with E-state index in [4.69, 9.17) is 10.5 Å². The number of esters is 1. The predicted octanol–water partition coefficient (Wildman–Crippen LogP) is 3.49. The first kappa shape index (κ1) is 26.6. The molecule has 3 N–H and O–H groups in total. The van der Waals surface area contributed by atoms with Gasteiger partial charge in [-0.3, -0.25) is 19.1 Å². The van der Waals surface area contributed by atoms with Crippen molar-refractivity contribution < 1.29 is 14.3 Å². The summed E-state index contributed by atoms with van der Waals surface area (Å²) in [5.74, 6) is 0.0631. The summed E-state index contributed by atoms with van der Waals surface area (Å²) in [5.41, 5.74) is 5.84. The fraction of sp³-hybridized carbons (Fsp3) is 0.700. The number of ether oxygens (including phenoxy) is 2. The summed E-state index contributed by atoms with van der Waals surface area (Å²) in [6, 6.07) is 0. The van der Waals surface area contributed by atoms with Gasteiger partial charge in [0, 0.05) is 6.61 Å². The molecule has 0 saturated carbocycles. The van der Waals surface area contributed by atoms with Crippen molar-refractivity contribution in [2.24, 2.45) is 5.92 Å². The van der Waals surface area contributed by atoms with Crippen molar-refractivity contribution in [1.82, 2.24) is 19.5 Å². The molecule has 0 spiro atoms. The summed E-state index contributed by atoms with van der Waals surface area (Å²) in [5, 5.41) is 0. The van der Waals surface area contributed by atoms with E-state index in [2.05, 4.69) is 40.5 Å². The van der Waals surface area contributed by atoms with Crippen molar-refractivity contribution >= 4 is 23.1 Å². The molecule has 0 aromatic carbocycles. The number of H-pyrrole nitrogens is 1. The molecule has 29 heavy (non-hydrogen) atoms. The van der Waals surface area contributed by atoms with Gasteiger partial charge < -0.3 is 15.2 Å². The van der Waals surface area contributed by atoms with E-state index in [0.29, 0.717) is 19.0 Å². The number of aromatic amines is 1. The lowest BCUT2D eigenvalue weighted by molar-refractivity contribution is -0.145. The van der Waals surface area contributed by atoms with Crippen LogP contribution in [0.5, 0.6) is 0 Å². The molecule has 0 aliphatic carbocycles. The first-order chi connectivity index (χ1) is 13.9. The van der Waals surface area contributed by atoms with E-state index in [1.54, 1.807) is 4.57 Å². The van der Waals surface area contributed by atoms with Gasteiger partial charge in [-0.05, 0) is 12.8 Å². The number of methoxy groups -OCH3 is 1. The van der Waals surface area contributed by atoms with Crippen LogP contribution in [0.25, 0.3) is 11.2 Å². The maximum atomic E-state index is 11.5. The lowest BCUT2D eigenvalue weighted by Crippen LogP contribution is -2.12. The molecule has 0 aliphatic rings. The second-order valence-corrected chi connectivity index (χ2v) is 6.65. The normalized spacial score (nSPS) is 11.1. The van der Waals surface area contributed by atoms with Gasteiger partial charge in [-0.15, -0.1) is 0 Å². The van der Waals surface area contributed by atoms with Crippen molar-refractivity contribution in [3.05, 3.63) is 16.7 Å². The van der Waals surface area contributed by atoms with Crippen LogP contribution in [0.2, 0.25) is 0 Å². The van der Waals surface area contributed by atoms with Gasteiger partial charge in [0.1, 0.15) is 6.73 Å². The number of anilines is 1. The monoisotopic (exact) mass is 411 g/mol. The van der Waals surface area contributed by atoms with Crippen molar-refractivity contribution in [2.75, 3.05) is 19.5 Å². The predicted molar refractivity (Wildman–Crippen MR) is 115 cm³/mol. The van der Waals surface area contributed by atoms with E-state index < -0.39 is 0 Å². The lowest BCUT2D eigenvalue weighted by atomic mass is 10.1. The van der Waals surface area contributed by atoms with Gasteiger partial charge in [-0.1, -0.05) is 53.9 Å². The van der Waals surface area contributed by atoms with Crippen LogP contribution in [0, 0.1) is 5.92 Å². The van der Waals surface area contributed by atoms with Crippen molar-refractivity contribution in [1.29, 1.82) is 0 Å². The average molecular weight is 412 g/mol. The minimum Gasteiger partial charge on any atom is -0.469 e. The Morgan fingerprint density at radius 2 is 1.93 bits per heavy atom. The number of nitrogens with one attached hydrogen (secondary N) is 1. The third kappa shape index (κ3) is 10.1. The molecule has 0 amide bonds. The molecule has 1 atom stereocenters. The van der Waals surface area contributed by atoms with Crippen LogP contribution < -0.4 is 11.3 Å². The largest absolute Gasteiger partial charge is 0.469 e. The average Bonchev–Trinajstić information content (AvgIpc) is 3.10. The quantitative estimate of drug-likeness (QED) is 0.503. The lowest BCUT2D eigenvalue weighted by Gasteiger charge is -2.06. The Morgan fingerprint density at radius 1 is 1.28 bits per heavy atom. The standard InChI is InChI=1S/C9H13N5O2.C8H16O2.C3H8/c1-2-3-16-5-14-4-11-6-7(14)12-9(10)13-8(6)15;1-4-5-6-7(2)8(9)10-3;1-3-2/h4H,2-3,5H2,1H3,(H3,10,12,13,15);7H,4-6H2,1-3H3;3H2,1-2H3. The maximum absolute atomic E-state index is 11.5. The highest BCUT2D eigenvalue weighted by atomic mass is 16.5. The van der Waals surface area contributed by atoms with Crippen LogP contribution in [0.15, 0.2) is 11.1 Å². The van der Waals surface area contributed by atoms with Gasteiger partial charge >= 0.3 is 5.97 Å². The van der Waals surface area contributed by atoms with Crippen LogP contribution in [-0.2, 0) is 21.0 Å². The number of hydrogen-bond acceptors (Lipinski definition) is 7. The van der Waals surface area contributed by atoms with E-state index in [0.717, 1.165) is 25.7 Å². The fourth-order valence-corrected chi connectivity index (χ4v) is 2.20. The second-order valence-electron chi connectivity index (χ2n) is 6.65. The first-order valence-electron chi connectivity index (χ1n) is 10.2. The Hall–Kier alpha value is -2.42. The van der Waals surface area contributed by atoms with Gasteiger partial charge in [0.15, 0.2) is 11.2 Å². The zero-order valence-electron chi connectivity index (χ0n) is 18.7. The number of rotatable bonds is 8. The van der Waals surface area contributed by atoms with Crippen LogP contribution in [0.4, 0.5) is 5.95 Å². The molecule has 9 nitrogen and oxygen atoms in total. The van der Waals surface area contributed by atoms with E-state index in [-0.39, 0.29) is 28.9 Å². The van der Waals surface area contributed by atoms with Crippen molar-refractivity contribution in [3.63, 3.8) is 0 Å². The molecule has 166 valence electrons. The molecule has 0 saturated heterocycles. The zero-order chi connectivity index (χ0) is 22.2. The van der Waals surface area contributed by atoms with Crippen LogP contribution in [0.3, 0.4) is 0 Å². The summed E-state index contributed by atoms with van der Waals surface area (Å²) in [6.45, 7) is 11.3. The van der Waals surface area contributed by atoms with Crippen LogP contribution >= 0.6 is 0 Å². The summed E-state index contributed by atoms with van der Waals surface area (Å²) >= 11 is 0. The van der Waals surface area contributed by atoms with Crippen molar-refractivity contribution in [2.45, 2.75) is 73.5 Å². The molecule has 0 aliphatic heterocycles. The van der Waals surface area contributed by atoms with E-state index in [1.807, 2.05) is 13.8 Å². The number of nitrogen functional groups attached to an aromatic ring is 1. The Balaban J connectivity index is 0.000000520. The van der Waals surface area contributed by atoms with Crippen LogP contribution in [0.1, 0.15) is 66.7 Å². The number of imidazole rings is 1. The maximum Gasteiger partial charge on any atom is 0.308 e. The zero-order valence-corrected chi connectivity index (χ0v) is 18.7. The summed E-state index contributed by atoms with van der Waals surface area (Å²) in [6.07, 6.45) is 6.89. The highest BCUT2D eigenvalue weighted by molar-refractivity contribution is 5.71. The number of hydrogen-bond donors (Lipinski definition) is 2. The summed E-state index contributed by atoms with van der Waals surface area (Å²) in [7, 11) is 1.44. The van der Waals surface area contributed by atoms with Gasteiger partial charge in [0.25, 0.3) is 5.56 Å². The molecule has 2 aromatic heterocycles. The molecule has 2 heterocycles. The number of aromatic nitrogens is 4. The third-order valence-corrected chi connectivity index (χ3v) is 3.67. The number of carbonyl (C=O) groups is 1. The molecular formula is C20H37N5O4. The molecule has 1 unspecified atom stereocenters. The third-order valence-electron chi connectivity index (χ3n) is 3.67. The SMILES string of the molecule is CCC.CCCCC(C)C(=O)OC.CCCOCn1cnc2c(=O)[nH]c(N)nc21. The van der Waals surface area contributed by atoms with Crippen molar-refractivity contribution in [3.8, 4) is 0 Å². The Labute approximate surface area is 173 Å². The fourth-order valence-electron chi connectivity index (χ4n) is 2.20. The van der Waals surface area contributed by atoms with Gasteiger partial charge in [-0.25, -0.2) is 4.98 Å². The highest BCUT2D eigenvalue weighted by Crippen LogP contribution is 2.08. The number of nitrogens with zero attached hydrogens (tertiary/aromatic N) is 3. The van der Waals surface area contributed by atoms with E-state index >= 15 is 0 Å². The van der Waals surface area contributed by atoms with Gasteiger partial charge in [0.05, 0.1) is 19.4 Å². The topological polar surface area (TPSA) is 125 Å². The number of fused-ring (bicyclic) bond motifs is 1. The number of carbonyl (C=O) groups excluding carboxylic acids is 1. The molecule has 0 bridgehead atoms. The second kappa shape index (κ2) is 15.5. The highest BCUT2D eigenvalue weighted by Gasteiger charge is 2.11. The van der Waals surface area contributed by atoms with Gasteiger partial charge in [-0.2, -0.15) is 4.98 Å². The smallest absolute Gasteiger partial charge is 0.308 e. The summed E-state index contributed by atoms with van der Waals surface area (Å²) in [4.78, 5) is 32.6. The van der Waals surface area contributed by atoms with Gasteiger partial charge in [0.2, 0.25) is 5.95 Å². The Morgan fingerprint density at radius 3 is 2.48 bits per heavy atom. The Bertz CT molecular complexity index is 757. The number of unbranched alkanes of at least 4 members (excludes halogenated alkanes) is 1. The molecule has 9 heteroatoms. The molecule has 0 fully saturated rings. The first-order valence-corrected chi connectivity index (χ1v) is 10.2. The minimum atomic E-state index is -0.336. The van der Waals surface area contributed by atoms with Crippen LogP contribution in [-0.4, -0.2) is 39.2 Å². The molecule has 2 rings (SSSR count). The van der Waals surface area contributed by atoms with E-state index in [1.165, 1.54) is 19.9 Å². The molecular weight excluding hydrogens is 374 g/mol. The van der Waals surface area contributed by atoms with E-state index in [9.17, 15) is 9.59 Å². The molecule has 0 radical (unpaired) electrons.